The Hall–Kier alpha value is -1.43. The van der Waals surface area contributed by atoms with Gasteiger partial charge in [-0.05, 0) is 25.7 Å². The van der Waals surface area contributed by atoms with E-state index in [0.29, 0.717) is 28.8 Å². The van der Waals surface area contributed by atoms with Crippen LogP contribution in [0.2, 0.25) is 0 Å². The van der Waals surface area contributed by atoms with Crippen LogP contribution in [0.1, 0.15) is 43.3 Å². The van der Waals surface area contributed by atoms with Gasteiger partial charge in [-0.25, -0.2) is 4.79 Å². The van der Waals surface area contributed by atoms with Gasteiger partial charge in [0.25, 0.3) is 0 Å². The average Bonchev–Trinajstić information content (AvgIpc) is 2.71. The van der Waals surface area contributed by atoms with Crippen molar-refractivity contribution in [3.8, 4) is 5.75 Å². The minimum Gasteiger partial charge on any atom is -0.492 e. The summed E-state index contributed by atoms with van der Waals surface area (Å²) in [7, 11) is 1.55. The number of carbonyl (C=O) groups excluding carboxylic acids is 1. The van der Waals surface area contributed by atoms with Gasteiger partial charge in [0.1, 0.15) is 15.6 Å². The zero-order valence-corrected chi connectivity index (χ0v) is 13.4. The molecule has 1 heterocycles. The van der Waals surface area contributed by atoms with Crippen molar-refractivity contribution in [3.05, 3.63) is 4.88 Å². The molecule has 0 saturated heterocycles. The van der Waals surface area contributed by atoms with Gasteiger partial charge in [0.2, 0.25) is 0 Å². The molecule has 0 radical (unpaired) electrons. The summed E-state index contributed by atoms with van der Waals surface area (Å²) in [4.78, 5) is 12.2. The van der Waals surface area contributed by atoms with Gasteiger partial charge in [0, 0.05) is 6.54 Å². The lowest BCUT2D eigenvalue weighted by molar-refractivity contribution is 0.0533. The maximum atomic E-state index is 11.8. The molecule has 0 spiro atoms. The lowest BCUT2D eigenvalue weighted by Gasteiger charge is -2.08. The summed E-state index contributed by atoms with van der Waals surface area (Å²) < 4.78 is 10.3. The van der Waals surface area contributed by atoms with Crippen LogP contribution in [0.15, 0.2) is 0 Å². The van der Waals surface area contributed by atoms with Gasteiger partial charge in [-0.1, -0.05) is 13.8 Å². The van der Waals surface area contributed by atoms with Gasteiger partial charge in [-0.2, -0.15) is 0 Å². The molecule has 3 N–H and O–H groups in total. The Kier molecular flexibility index (Phi) is 6.64. The van der Waals surface area contributed by atoms with Crippen molar-refractivity contribution in [3.63, 3.8) is 0 Å². The summed E-state index contributed by atoms with van der Waals surface area (Å²) in [5.41, 5.74) is 6.29. The molecular weight excluding hydrogens is 276 g/mol. The Morgan fingerprint density at radius 3 is 2.70 bits per heavy atom. The first-order valence-corrected chi connectivity index (χ1v) is 7.70. The van der Waals surface area contributed by atoms with E-state index in [1.165, 1.54) is 11.3 Å². The lowest BCUT2D eigenvalue weighted by atomic mass is 10.1. The predicted octanol–water partition coefficient (Wildman–Crippen LogP) is 3.36. The topological polar surface area (TPSA) is 73.6 Å². The summed E-state index contributed by atoms with van der Waals surface area (Å²) >= 11 is 1.28. The van der Waals surface area contributed by atoms with E-state index in [-0.39, 0.29) is 0 Å². The van der Waals surface area contributed by atoms with E-state index in [4.69, 9.17) is 15.2 Å². The van der Waals surface area contributed by atoms with Gasteiger partial charge in [0.15, 0.2) is 5.75 Å². The average molecular weight is 300 g/mol. The third-order valence-corrected chi connectivity index (χ3v) is 3.93. The molecule has 1 aromatic rings. The zero-order valence-electron chi connectivity index (χ0n) is 12.6. The highest BCUT2D eigenvalue weighted by molar-refractivity contribution is 7.19. The number of hydrogen-bond donors (Lipinski definition) is 2. The van der Waals surface area contributed by atoms with Crippen LogP contribution in [0.3, 0.4) is 0 Å². The van der Waals surface area contributed by atoms with Crippen molar-refractivity contribution >= 4 is 28.0 Å². The number of ether oxygens (including phenoxy) is 2. The molecule has 6 heteroatoms. The third-order valence-electron chi connectivity index (χ3n) is 2.81. The summed E-state index contributed by atoms with van der Waals surface area (Å²) in [5.74, 6) is 0.813. The van der Waals surface area contributed by atoms with E-state index in [1.807, 2.05) is 0 Å². The van der Waals surface area contributed by atoms with Gasteiger partial charge < -0.3 is 20.5 Å². The number of hydrogen-bond acceptors (Lipinski definition) is 6. The fraction of sp³-hybridized carbons (Fsp3) is 0.643. The van der Waals surface area contributed by atoms with Crippen molar-refractivity contribution in [2.24, 2.45) is 5.92 Å². The Morgan fingerprint density at radius 2 is 2.15 bits per heavy atom. The first-order valence-electron chi connectivity index (χ1n) is 6.88. The van der Waals surface area contributed by atoms with Crippen LogP contribution in [0, 0.1) is 5.92 Å². The standard InChI is InChI=1S/C14H24N2O3S/c1-5-19-14(17)12-10(15)11(18-4)13(20-12)16-8-6-7-9(2)3/h9,16H,5-8,15H2,1-4H3. The van der Waals surface area contributed by atoms with Crippen LogP contribution in [-0.2, 0) is 4.74 Å². The second-order valence-electron chi connectivity index (χ2n) is 4.89. The molecule has 0 aliphatic rings. The molecule has 0 saturated carbocycles. The quantitative estimate of drug-likeness (QED) is 0.569. The highest BCUT2D eigenvalue weighted by Gasteiger charge is 2.22. The molecular formula is C14H24N2O3S. The molecule has 0 bridgehead atoms. The molecule has 0 aliphatic heterocycles. The van der Waals surface area contributed by atoms with Gasteiger partial charge in [0.05, 0.1) is 13.7 Å². The number of methoxy groups -OCH3 is 1. The minimum absolute atomic E-state index is 0.329. The van der Waals surface area contributed by atoms with Crippen LogP contribution in [0.25, 0.3) is 0 Å². The molecule has 0 aliphatic carbocycles. The number of anilines is 2. The van der Waals surface area contributed by atoms with E-state index < -0.39 is 5.97 Å². The van der Waals surface area contributed by atoms with Crippen molar-refractivity contribution < 1.29 is 14.3 Å². The lowest BCUT2D eigenvalue weighted by Crippen LogP contribution is -2.05. The van der Waals surface area contributed by atoms with E-state index in [9.17, 15) is 4.79 Å². The highest BCUT2D eigenvalue weighted by atomic mass is 32.1. The second-order valence-corrected chi connectivity index (χ2v) is 5.91. The van der Waals surface area contributed by atoms with Crippen LogP contribution in [0.4, 0.5) is 10.7 Å². The molecule has 20 heavy (non-hydrogen) atoms. The number of nitrogen functional groups attached to an aromatic ring is 1. The number of nitrogens with two attached hydrogens (primary N) is 1. The van der Waals surface area contributed by atoms with E-state index in [0.717, 1.165) is 24.4 Å². The molecule has 0 aromatic carbocycles. The fourth-order valence-electron chi connectivity index (χ4n) is 1.81. The van der Waals surface area contributed by atoms with Crippen molar-refractivity contribution in [1.82, 2.24) is 0 Å². The summed E-state index contributed by atoms with van der Waals surface area (Å²) in [5, 5.41) is 4.07. The first kappa shape index (κ1) is 16.6. The smallest absolute Gasteiger partial charge is 0.350 e. The summed E-state index contributed by atoms with van der Waals surface area (Å²) in [6, 6.07) is 0. The Balaban J connectivity index is 2.75. The van der Waals surface area contributed by atoms with Crippen LogP contribution >= 0.6 is 11.3 Å². The minimum atomic E-state index is -0.400. The fourth-order valence-corrected chi connectivity index (χ4v) is 2.82. The number of rotatable bonds is 8. The Morgan fingerprint density at radius 1 is 1.45 bits per heavy atom. The molecule has 0 fully saturated rings. The van der Waals surface area contributed by atoms with Gasteiger partial charge in [-0.3, -0.25) is 0 Å². The Labute approximate surface area is 124 Å². The molecule has 0 unspecified atom stereocenters. The van der Waals surface area contributed by atoms with Crippen molar-refractivity contribution in [2.45, 2.75) is 33.6 Å². The monoisotopic (exact) mass is 300 g/mol. The van der Waals surface area contributed by atoms with E-state index >= 15 is 0 Å². The maximum Gasteiger partial charge on any atom is 0.350 e. The number of esters is 1. The molecule has 5 nitrogen and oxygen atoms in total. The molecule has 0 amide bonds. The van der Waals surface area contributed by atoms with Crippen molar-refractivity contribution in [2.75, 3.05) is 31.3 Å². The maximum absolute atomic E-state index is 11.8. The molecule has 1 aromatic heterocycles. The SMILES string of the molecule is CCOC(=O)c1sc(NCCCC(C)C)c(OC)c1N. The first-order chi connectivity index (χ1) is 9.51. The van der Waals surface area contributed by atoms with Crippen LogP contribution < -0.4 is 15.8 Å². The summed E-state index contributed by atoms with van der Waals surface area (Å²) in [6.45, 7) is 7.32. The van der Waals surface area contributed by atoms with Gasteiger partial charge >= 0.3 is 5.97 Å². The molecule has 1 rings (SSSR count). The van der Waals surface area contributed by atoms with Crippen LogP contribution in [-0.4, -0.2) is 26.2 Å². The third kappa shape index (κ3) is 4.30. The predicted molar refractivity (Wildman–Crippen MR) is 83.8 cm³/mol. The Bertz CT molecular complexity index is 444. The van der Waals surface area contributed by atoms with E-state index in [2.05, 4.69) is 19.2 Å². The van der Waals surface area contributed by atoms with Crippen molar-refractivity contribution in [1.29, 1.82) is 0 Å². The van der Waals surface area contributed by atoms with Crippen LogP contribution in [0.5, 0.6) is 5.75 Å². The largest absolute Gasteiger partial charge is 0.492 e. The normalized spacial score (nSPS) is 10.7. The number of nitrogens with one attached hydrogen (secondary N) is 1. The molecule has 0 atom stereocenters. The van der Waals surface area contributed by atoms with Gasteiger partial charge in [-0.15, -0.1) is 11.3 Å². The summed E-state index contributed by atoms with van der Waals surface area (Å²) in [6.07, 6.45) is 2.22. The zero-order chi connectivity index (χ0) is 15.1. The number of thiophene rings is 1. The highest BCUT2D eigenvalue weighted by Crippen LogP contribution is 2.42. The van der Waals surface area contributed by atoms with E-state index in [1.54, 1.807) is 14.0 Å². The second kappa shape index (κ2) is 7.99. The number of carbonyl (C=O) groups is 1. The molecule has 114 valence electrons.